The number of nitrogens with one attached hydrogen (secondary N) is 1. The second kappa shape index (κ2) is 7.38. The van der Waals surface area contributed by atoms with E-state index in [0.717, 1.165) is 6.42 Å². The Labute approximate surface area is 149 Å². The van der Waals surface area contributed by atoms with Gasteiger partial charge in [-0.15, -0.1) is 0 Å². The van der Waals surface area contributed by atoms with Crippen molar-refractivity contribution in [2.45, 2.75) is 12.8 Å². The van der Waals surface area contributed by atoms with Crippen LogP contribution in [0.25, 0.3) is 11.0 Å². The fourth-order valence-electron chi connectivity index (χ4n) is 2.83. The summed E-state index contributed by atoms with van der Waals surface area (Å²) < 4.78 is 5.21. The number of amides is 3. The third kappa shape index (κ3) is 3.74. The van der Waals surface area contributed by atoms with Crippen molar-refractivity contribution in [2.24, 2.45) is 0 Å². The topological polar surface area (TPSA) is 99.9 Å². The third-order valence-corrected chi connectivity index (χ3v) is 4.33. The first kappa shape index (κ1) is 17.7. The van der Waals surface area contributed by atoms with E-state index in [1.807, 2.05) is 0 Å². The first-order chi connectivity index (χ1) is 12.5. The van der Waals surface area contributed by atoms with Crippen LogP contribution in [0.3, 0.4) is 0 Å². The average Bonchev–Trinajstić information content (AvgIpc) is 3.04. The molecule has 0 bridgehead atoms. The molecule has 0 atom stereocenters. The molecule has 8 nitrogen and oxygen atoms in total. The highest BCUT2D eigenvalue weighted by atomic mass is 16.3. The Morgan fingerprint density at radius 2 is 2.08 bits per heavy atom. The molecule has 2 heterocycles. The Balaban J connectivity index is 1.61. The van der Waals surface area contributed by atoms with E-state index in [4.69, 9.17) is 4.42 Å². The summed E-state index contributed by atoms with van der Waals surface area (Å²) in [5, 5.41) is 2.81. The maximum absolute atomic E-state index is 12.2. The van der Waals surface area contributed by atoms with Crippen molar-refractivity contribution in [1.82, 2.24) is 9.80 Å². The first-order valence-electron chi connectivity index (χ1n) is 8.31. The number of anilines is 1. The van der Waals surface area contributed by atoms with Crippen molar-refractivity contribution < 1.29 is 18.8 Å². The molecule has 136 valence electrons. The van der Waals surface area contributed by atoms with Crippen molar-refractivity contribution in [3.05, 3.63) is 40.8 Å². The summed E-state index contributed by atoms with van der Waals surface area (Å²) in [6.07, 6.45) is 2.66. The monoisotopic (exact) mass is 357 g/mol. The van der Waals surface area contributed by atoms with Crippen LogP contribution in [0.1, 0.15) is 12.8 Å². The van der Waals surface area contributed by atoms with Crippen molar-refractivity contribution in [3.63, 3.8) is 0 Å². The molecule has 1 aromatic heterocycles. The minimum Gasteiger partial charge on any atom is -0.464 e. The van der Waals surface area contributed by atoms with Crippen LogP contribution >= 0.6 is 0 Å². The lowest BCUT2D eigenvalue weighted by Gasteiger charge is -2.21. The maximum atomic E-state index is 12.2. The predicted octanol–water partition coefficient (Wildman–Crippen LogP) is 0.812. The van der Waals surface area contributed by atoms with Gasteiger partial charge >= 0.3 is 11.8 Å². The van der Waals surface area contributed by atoms with Crippen molar-refractivity contribution in [3.8, 4) is 0 Å². The molecule has 3 rings (SSSR count). The maximum Gasteiger partial charge on any atom is 0.313 e. The summed E-state index contributed by atoms with van der Waals surface area (Å²) in [6, 6.07) is 5.86. The van der Waals surface area contributed by atoms with Gasteiger partial charge in [0.15, 0.2) is 5.43 Å². The summed E-state index contributed by atoms with van der Waals surface area (Å²) in [4.78, 5) is 50.7. The summed E-state index contributed by atoms with van der Waals surface area (Å²) in [7, 11) is 1.51. The van der Waals surface area contributed by atoms with Crippen molar-refractivity contribution in [1.29, 1.82) is 0 Å². The number of nitrogens with zero attached hydrogens (tertiary/aromatic N) is 2. The Morgan fingerprint density at radius 3 is 2.81 bits per heavy atom. The standard InChI is InChI=1S/C18H19N3O5/c1-20(8-9-21-7-2-3-16(21)23)18(25)17(24)19-12-4-5-15-13(11-12)14(22)6-10-26-15/h4-6,10-11H,2-3,7-9H2,1H3,(H,19,24). The van der Waals surface area contributed by atoms with Crippen LogP contribution in [0.5, 0.6) is 0 Å². The predicted molar refractivity (Wildman–Crippen MR) is 94.6 cm³/mol. The molecule has 3 amide bonds. The van der Waals surface area contributed by atoms with Gasteiger partial charge in [0.25, 0.3) is 0 Å². The average molecular weight is 357 g/mol. The van der Waals surface area contributed by atoms with E-state index < -0.39 is 11.8 Å². The molecule has 1 aliphatic heterocycles. The van der Waals surface area contributed by atoms with E-state index in [1.54, 1.807) is 17.0 Å². The molecule has 2 aromatic rings. The fourth-order valence-corrected chi connectivity index (χ4v) is 2.83. The number of likely N-dealkylation sites (tertiary alicyclic amines) is 1. The van der Waals surface area contributed by atoms with Crippen LogP contribution in [-0.4, -0.2) is 54.2 Å². The highest BCUT2D eigenvalue weighted by Crippen LogP contribution is 2.16. The van der Waals surface area contributed by atoms with E-state index in [9.17, 15) is 19.2 Å². The molecule has 0 unspecified atom stereocenters. The normalized spacial score (nSPS) is 13.9. The van der Waals surface area contributed by atoms with Crippen LogP contribution in [0.15, 0.2) is 39.7 Å². The molecule has 1 fully saturated rings. The van der Waals surface area contributed by atoms with Gasteiger partial charge in [0.1, 0.15) is 5.58 Å². The van der Waals surface area contributed by atoms with Gasteiger partial charge in [0, 0.05) is 44.9 Å². The molecule has 1 saturated heterocycles. The van der Waals surface area contributed by atoms with E-state index in [1.165, 1.54) is 30.3 Å². The van der Waals surface area contributed by atoms with E-state index >= 15 is 0 Å². The molecule has 1 N–H and O–H groups in total. The van der Waals surface area contributed by atoms with Gasteiger partial charge in [-0.1, -0.05) is 0 Å². The highest BCUT2D eigenvalue weighted by Gasteiger charge is 2.23. The largest absolute Gasteiger partial charge is 0.464 e. The zero-order valence-electron chi connectivity index (χ0n) is 14.4. The Hall–Kier alpha value is -3.16. The quantitative estimate of drug-likeness (QED) is 0.817. The summed E-state index contributed by atoms with van der Waals surface area (Å²) >= 11 is 0. The molecule has 0 spiro atoms. The number of fused-ring (bicyclic) bond motifs is 1. The minimum absolute atomic E-state index is 0.0743. The fraction of sp³-hybridized carbons (Fsp3) is 0.333. The lowest BCUT2D eigenvalue weighted by molar-refractivity contribution is -0.142. The number of hydrogen-bond donors (Lipinski definition) is 1. The SMILES string of the molecule is CN(CCN1CCCC1=O)C(=O)C(=O)Nc1ccc2occc(=O)c2c1. The minimum atomic E-state index is -0.806. The lowest BCUT2D eigenvalue weighted by Crippen LogP contribution is -2.41. The molecule has 1 aromatic carbocycles. The second-order valence-electron chi connectivity index (χ2n) is 6.16. The zero-order chi connectivity index (χ0) is 18.7. The number of rotatable bonds is 4. The van der Waals surface area contributed by atoms with Crippen LogP contribution < -0.4 is 10.7 Å². The molecule has 26 heavy (non-hydrogen) atoms. The number of carbonyl (C=O) groups is 3. The molecule has 8 heteroatoms. The van der Waals surface area contributed by atoms with Gasteiger partial charge in [-0.2, -0.15) is 0 Å². The van der Waals surface area contributed by atoms with Gasteiger partial charge in [-0.25, -0.2) is 0 Å². The smallest absolute Gasteiger partial charge is 0.313 e. The Kier molecular flexibility index (Phi) is 5.01. The Bertz CT molecular complexity index is 920. The van der Waals surface area contributed by atoms with Gasteiger partial charge in [0.2, 0.25) is 5.91 Å². The number of carbonyl (C=O) groups excluding carboxylic acids is 3. The first-order valence-corrected chi connectivity index (χ1v) is 8.31. The van der Waals surface area contributed by atoms with E-state index in [0.29, 0.717) is 36.2 Å². The molecular weight excluding hydrogens is 338 g/mol. The number of likely N-dealkylation sites (N-methyl/N-ethyl adjacent to an activating group) is 1. The summed E-state index contributed by atoms with van der Waals surface area (Å²) in [5.41, 5.74) is 0.493. The van der Waals surface area contributed by atoms with E-state index in [-0.39, 0.29) is 17.9 Å². The molecule has 1 aliphatic rings. The van der Waals surface area contributed by atoms with E-state index in [2.05, 4.69) is 5.32 Å². The van der Waals surface area contributed by atoms with Gasteiger partial charge < -0.3 is 19.5 Å². The van der Waals surface area contributed by atoms with Gasteiger partial charge in [0.05, 0.1) is 11.6 Å². The Morgan fingerprint density at radius 1 is 1.27 bits per heavy atom. The molecule has 0 radical (unpaired) electrons. The summed E-state index contributed by atoms with van der Waals surface area (Å²) in [6.45, 7) is 1.37. The van der Waals surface area contributed by atoms with Crippen LogP contribution in [0.2, 0.25) is 0 Å². The van der Waals surface area contributed by atoms with Gasteiger partial charge in [-0.3, -0.25) is 19.2 Å². The van der Waals surface area contributed by atoms with Crippen molar-refractivity contribution in [2.75, 3.05) is 32.0 Å². The highest BCUT2D eigenvalue weighted by molar-refractivity contribution is 6.39. The lowest BCUT2D eigenvalue weighted by atomic mass is 10.2. The van der Waals surface area contributed by atoms with Crippen molar-refractivity contribution >= 4 is 34.4 Å². The zero-order valence-corrected chi connectivity index (χ0v) is 14.4. The van der Waals surface area contributed by atoms with Gasteiger partial charge in [-0.05, 0) is 24.6 Å². The van der Waals surface area contributed by atoms with Crippen LogP contribution in [-0.2, 0) is 14.4 Å². The number of hydrogen-bond acceptors (Lipinski definition) is 5. The molecular formula is C18H19N3O5. The van der Waals surface area contributed by atoms with Crippen LogP contribution in [0.4, 0.5) is 5.69 Å². The summed E-state index contributed by atoms with van der Waals surface area (Å²) in [5.74, 6) is -1.44. The second-order valence-corrected chi connectivity index (χ2v) is 6.16. The van der Waals surface area contributed by atoms with Crippen LogP contribution in [0, 0.1) is 0 Å². The number of benzene rings is 1. The molecule has 0 aliphatic carbocycles. The molecule has 0 saturated carbocycles. The third-order valence-electron chi connectivity index (χ3n) is 4.33.